The number of aromatic nitrogens is 4. The van der Waals surface area contributed by atoms with Gasteiger partial charge in [-0.25, -0.2) is 19.3 Å². The summed E-state index contributed by atoms with van der Waals surface area (Å²) in [4.78, 5) is 28.9. The molecule has 7 rings (SSSR count). The van der Waals surface area contributed by atoms with Gasteiger partial charge in [-0.2, -0.15) is 0 Å². The fourth-order valence-electron chi connectivity index (χ4n) is 5.69. The average Bonchev–Trinajstić information content (AvgIpc) is 3.28. The maximum absolute atomic E-state index is 14.0. The van der Waals surface area contributed by atoms with Crippen LogP contribution in [-0.4, -0.2) is 36.6 Å². The summed E-state index contributed by atoms with van der Waals surface area (Å²) < 4.78 is 14.0. The van der Waals surface area contributed by atoms with E-state index in [1.165, 1.54) is 12.3 Å². The highest BCUT2D eigenvalue weighted by atomic mass is 19.1. The SMILES string of the molecule is O=C(O)C1CC2CCC1(Nc1cc(-c3ccccc3)nc(-c3c[nH]c4ncc(F)cc34)n1)CC2. The molecule has 3 N–H and O–H groups in total. The molecule has 3 aliphatic rings. The Morgan fingerprint density at radius 2 is 1.94 bits per heavy atom. The maximum Gasteiger partial charge on any atom is 0.308 e. The number of nitrogens with zero attached hydrogens (tertiary/aromatic N) is 3. The van der Waals surface area contributed by atoms with E-state index in [0.717, 1.165) is 31.2 Å². The molecule has 2 bridgehead atoms. The molecular weight excluding hydrogens is 433 g/mol. The van der Waals surface area contributed by atoms with Crippen LogP contribution >= 0.6 is 0 Å². The molecule has 3 saturated carbocycles. The Balaban J connectivity index is 1.48. The second-order valence-corrected chi connectivity index (χ2v) is 9.43. The van der Waals surface area contributed by atoms with Crippen LogP contribution in [0.5, 0.6) is 0 Å². The van der Waals surface area contributed by atoms with E-state index in [9.17, 15) is 14.3 Å². The predicted molar refractivity (Wildman–Crippen MR) is 127 cm³/mol. The van der Waals surface area contributed by atoms with Crippen LogP contribution in [0.15, 0.2) is 54.9 Å². The van der Waals surface area contributed by atoms with E-state index in [2.05, 4.69) is 15.3 Å². The quantitative estimate of drug-likeness (QED) is 0.377. The van der Waals surface area contributed by atoms with Crippen LogP contribution in [0.1, 0.15) is 32.1 Å². The molecule has 3 heterocycles. The number of carboxylic acids is 1. The number of carbonyl (C=O) groups is 1. The number of benzene rings is 1. The van der Waals surface area contributed by atoms with Gasteiger partial charge in [-0.3, -0.25) is 4.79 Å². The van der Waals surface area contributed by atoms with Crippen molar-refractivity contribution >= 4 is 22.8 Å². The van der Waals surface area contributed by atoms with Crippen LogP contribution in [0.25, 0.3) is 33.7 Å². The van der Waals surface area contributed by atoms with Crippen LogP contribution < -0.4 is 5.32 Å². The van der Waals surface area contributed by atoms with E-state index in [4.69, 9.17) is 9.97 Å². The number of carboxylic acid groups (broad SMARTS) is 1. The zero-order valence-corrected chi connectivity index (χ0v) is 18.5. The molecule has 0 radical (unpaired) electrons. The van der Waals surface area contributed by atoms with Gasteiger partial charge in [0.05, 0.1) is 23.3 Å². The van der Waals surface area contributed by atoms with E-state index in [0.29, 0.717) is 46.3 Å². The number of nitrogens with one attached hydrogen (secondary N) is 2. The van der Waals surface area contributed by atoms with Crippen molar-refractivity contribution in [1.82, 2.24) is 19.9 Å². The molecule has 3 aliphatic carbocycles. The molecule has 0 aliphatic heterocycles. The molecule has 0 spiro atoms. The van der Waals surface area contributed by atoms with Crippen molar-refractivity contribution in [3.05, 3.63) is 60.7 Å². The molecule has 1 atom stereocenters. The summed E-state index contributed by atoms with van der Waals surface area (Å²) in [5, 5.41) is 14.1. The van der Waals surface area contributed by atoms with E-state index in [1.54, 1.807) is 6.20 Å². The third-order valence-electron chi connectivity index (χ3n) is 7.44. The Morgan fingerprint density at radius 1 is 1.15 bits per heavy atom. The Kier molecular flexibility index (Phi) is 4.83. The highest BCUT2D eigenvalue weighted by Gasteiger charge is 2.51. The molecule has 172 valence electrons. The third kappa shape index (κ3) is 3.50. The van der Waals surface area contributed by atoms with Gasteiger partial charge in [-0.05, 0) is 44.1 Å². The number of pyridine rings is 1. The van der Waals surface area contributed by atoms with Crippen LogP contribution in [0, 0.1) is 17.7 Å². The molecule has 34 heavy (non-hydrogen) atoms. The third-order valence-corrected chi connectivity index (χ3v) is 7.44. The van der Waals surface area contributed by atoms with Crippen molar-refractivity contribution in [1.29, 1.82) is 0 Å². The molecule has 3 fully saturated rings. The molecule has 0 saturated heterocycles. The van der Waals surface area contributed by atoms with Gasteiger partial charge < -0.3 is 15.4 Å². The van der Waals surface area contributed by atoms with Crippen molar-refractivity contribution in [2.75, 3.05) is 5.32 Å². The Morgan fingerprint density at radius 3 is 2.71 bits per heavy atom. The van der Waals surface area contributed by atoms with Gasteiger partial charge in [0.15, 0.2) is 5.82 Å². The molecule has 1 aromatic carbocycles. The Bertz CT molecular complexity index is 1380. The van der Waals surface area contributed by atoms with Gasteiger partial charge in [0, 0.05) is 28.8 Å². The standard InChI is InChI=1S/C26H24FN5O2/c27-17-11-18-19(14-29-23(18)28-13-17)24-30-21(16-4-2-1-3-5-16)12-22(31-24)32-26-8-6-15(7-9-26)10-20(26)25(33)34/h1-5,11-15,20H,6-10H2,(H,28,29)(H,33,34)(H,30,31,32). The first kappa shape index (κ1) is 20.8. The number of aliphatic carboxylic acids is 1. The fraction of sp³-hybridized carbons (Fsp3) is 0.308. The number of H-pyrrole nitrogens is 1. The lowest BCUT2D eigenvalue weighted by atomic mass is 9.59. The van der Waals surface area contributed by atoms with E-state index in [1.807, 2.05) is 36.4 Å². The lowest BCUT2D eigenvalue weighted by Gasteiger charge is -2.51. The summed E-state index contributed by atoms with van der Waals surface area (Å²) in [5.41, 5.74) is 2.28. The smallest absolute Gasteiger partial charge is 0.308 e. The number of anilines is 1. The topological polar surface area (TPSA) is 104 Å². The van der Waals surface area contributed by atoms with Crippen LogP contribution in [-0.2, 0) is 4.79 Å². The average molecular weight is 458 g/mol. The second-order valence-electron chi connectivity index (χ2n) is 9.43. The maximum atomic E-state index is 14.0. The fourth-order valence-corrected chi connectivity index (χ4v) is 5.69. The molecule has 7 nitrogen and oxygen atoms in total. The lowest BCUT2D eigenvalue weighted by molar-refractivity contribution is -0.147. The van der Waals surface area contributed by atoms with Crippen molar-refractivity contribution in [3.8, 4) is 22.6 Å². The number of aromatic amines is 1. The highest BCUT2D eigenvalue weighted by molar-refractivity contribution is 5.92. The molecule has 3 aromatic heterocycles. The summed E-state index contributed by atoms with van der Waals surface area (Å²) in [5.74, 6) is -0.158. The van der Waals surface area contributed by atoms with Crippen LogP contribution in [0.2, 0.25) is 0 Å². The zero-order valence-electron chi connectivity index (χ0n) is 18.5. The summed E-state index contributed by atoms with van der Waals surface area (Å²) in [6, 6.07) is 13.1. The second kappa shape index (κ2) is 7.90. The minimum Gasteiger partial charge on any atom is -0.481 e. The van der Waals surface area contributed by atoms with Gasteiger partial charge in [-0.1, -0.05) is 30.3 Å². The number of hydrogen-bond acceptors (Lipinski definition) is 5. The van der Waals surface area contributed by atoms with Crippen LogP contribution in [0.3, 0.4) is 0 Å². The Hall–Kier alpha value is -3.81. The molecule has 4 aromatic rings. The highest BCUT2D eigenvalue weighted by Crippen LogP contribution is 2.49. The van der Waals surface area contributed by atoms with E-state index in [-0.39, 0.29) is 0 Å². The zero-order chi connectivity index (χ0) is 23.3. The molecule has 0 amide bonds. The minimum absolute atomic E-state index is 0.426. The van der Waals surface area contributed by atoms with Crippen LogP contribution in [0.4, 0.5) is 10.2 Å². The summed E-state index contributed by atoms with van der Waals surface area (Å²) in [6.07, 6.45) is 7.24. The van der Waals surface area contributed by atoms with Crippen molar-refractivity contribution < 1.29 is 14.3 Å². The van der Waals surface area contributed by atoms with Gasteiger partial charge in [0.2, 0.25) is 0 Å². The summed E-state index contributed by atoms with van der Waals surface area (Å²) in [6.45, 7) is 0. The first-order valence-corrected chi connectivity index (χ1v) is 11.6. The van der Waals surface area contributed by atoms with Crippen molar-refractivity contribution in [2.45, 2.75) is 37.6 Å². The molecular formula is C26H24FN5O2. The van der Waals surface area contributed by atoms with Crippen molar-refractivity contribution in [3.63, 3.8) is 0 Å². The van der Waals surface area contributed by atoms with Gasteiger partial charge in [-0.15, -0.1) is 0 Å². The first-order valence-electron chi connectivity index (χ1n) is 11.6. The number of hydrogen-bond donors (Lipinski definition) is 3. The number of fused-ring (bicyclic) bond motifs is 4. The van der Waals surface area contributed by atoms with Gasteiger partial charge in [0.1, 0.15) is 17.3 Å². The number of rotatable bonds is 5. The largest absolute Gasteiger partial charge is 0.481 e. The lowest BCUT2D eigenvalue weighted by Crippen LogP contribution is -2.56. The van der Waals surface area contributed by atoms with Gasteiger partial charge in [0.25, 0.3) is 0 Å². The van der Waals surface area contributed by atoms with Crippen molar-refractivity contribution in [2.24, 2.45) is 11.8 Å². The monoisotopic (exact) mass is 457 g/mol. The van der Waals surface area contributed by atoms with E-state index >= 15 is 0 Å². The van der Waals surface area contributed by atoms with E-state index < -0.39 is 23.2 Å². The number of halogens is 1. The predicted octanol–water partition coefficient (Wildman–Crippen LogP) is 5.27. The molecule has 8 heteroatoms. The first-order chi connectivity index (χ1) is 16.5. The van der Waals surface area contributed by atoms with Gasteiger partial charge >= 0.3 is 5.97 Å². The Labute approximate surface area is 195 Å². The normalized spacial score (nSPS) is 23.8. The molecule has 1 unspecified atom stereocenters. The summed E-state index contributed by atoms with van der Waals surface area (Å²) >= 11 is 0. The minimum atomic E-state index is -0.757. The summed E-state index contributed by atoms with van der Waals surface area (Å²) in [7, 11) is 0.